The maximum absolute atomic E-state index is 15.0. The van der Waals surface area contributed by atoms with E-state index in [4.69, 9.17) is 9.15 Å². The molecule has 46 heavy (non-hydrogen) atoms. The Morgan fingerprint density at radius 1 is 0.826 bits per heavy atom. The molecule has 1 aliphatic heterocycles. The van der Waals surface area contributed by atoms with Crippen molar-refractivity contribution in [2.45, 2.75) is 57.1 Å². The van der Waals surface area contributed by atoms with Crippen LogP contribution in [-0.4, -0.2) is 27.5 Å². The number of aromatic nitrogens is 1. The molecule has 0 amide bonds. The van der Waals surface area contributed by atoms with Crippen LogP contribution < -0.4 is 10.1 Å². The van der Waals surface area contributed by atoms with Crippen molar-refractivity contribution in [3.63, 3.8) is 0 Å². The minimum Gasteiger partial charge on any atom is -0.508 e. The number of halogens is 6. The lowest BCUT2D eigenvalue weighted by molar-refractivity contribution is -0.288. The lowest BCUT2D eigenvalue weighted by atomic mass is 9.72. The van der Waals surface area contributed by atoms with E-state index in [-0.39, 0.29) is 39.9 Å². The molecule has 5 aromatic rings. The fourth-order valence-electron chi connectivity index (χ4n) is 5.82. The van der Waals surface area contributed by atoms with Crippen LogP contribution in [0.3, 0.4) is 0 Å². The monoisotopic (exact) mass is 642 g/mol. The molecule has 1 aliphatic rings. The van der Waals surface area contributed by atoms with Crippen molar-refractivity contribution in [3.05, 3.63) is 101 Å². The van der Waals surface area contributed by atoms with Crippen LogP contribution in [0.1, 0.15) is 53.8 Å². The third-order valence-electron chi connectivity index (χ3n) is 8.26. The fourth-order valence-corrected chi connectivity index (χ4v) is 5.82. The van der Waals surface area contributed by atoms with E-state index in [0.29, 0.717) is 28.7 Å². The first kappa shape index (κ1) is 31.1. The molecule has 0 spiro atoms. The van der Waals surface area contributed by atoms with Crippen LogP contribution in [0.5, 0.6) is 17.2 Å². The molecule has 0 aliphatic carbocycles. The van der Waals surface area contributed by atoms with Crippen molar-refractivity contribution in [2.75, 3.05) is 5.32 Å². The average Bonchev–Trinajstić information content (AvgIpc) is 3.61. The van der Waals surface area contributed by atoms with Crippen molar-refractivity contribution < 1.29 is 45.7 Å². The fraction of sp³-hybridized carbons (Fsp3) is 0.265. The second-order valence-electron chi connectivity index (χ2n) is 11.3. The molecule has 0 radical (unpaired) electrons. The highest BCUT2D eigenvalue weighted by atomic mass is 19.4. The van der Waals surface area contributed by atoms with Gasteiger partial charge < -0.3 is 24.7 Å². The smallest absolute Gasteiger partial charge is 0.411 e. The van der Waals surface area contributed by atoms with Crippen LogP contribution in [0.4, 0.5) is 32.0 Å². The second kappa shape index (κ2) is 11.2. The number of phenols is 2. The van der Waals surface area contributed by atoms with Crippen LogP contribution in [0, 0.1) is 6.92 Å². The Bertz CT molecular complexity index is 1920. The van der Waals surface area contributed by atoms with Gasteiger partial charge in [-0.05, 0) is 103 Å². The van der Waals surface area contributed by atoms with Gasteiger partial charge in [0.25, 0.3) is 0 Å². The molecule has 0 fully saturated rings. The number of rotatable bonds is 7. The molecule has 1 atom stereocenters. The van der Waals surface area contributed by atoms with Crippen molar-refractivity contribution in [1.29, 1.82) is 0 Å². The highest BCUT2D eigenvalue weighted by Crippen LogP contribution is 2.57. The Morgan fingerprint density at radius 2 is 1.52 bits per heavy atom. The van der Waals surface area contributed by atoms with E-state index >= 15 is 26.3 Å². The van der Waals surface area contributed by atoms with Gasteiger partial charge in [0.2, 0.25) is 11.3 Å². The Balaban J connectivity index is 1.43. The summed E-state index contributed by atoms with van der Waals surface area (Å²) in [5.74, 6) is 0.151. The minimum absolute atomic E-state index is 0.00349. The summed E-state index contributed by atoms with van der Waals surface area (Å²) in [4.78, 5) is 4.25. The zero-order valence-corrected chi connectivity index (χ0v) is 24.6. The Hall–Kier alpha value is -4.87. The van der Waals surface area contributed by atoms with Crippen LogP contribution in [0.25, 0.3) is 22.6 Å². The number of nitrogens with zero attached hydrogens (tertiary/aromatic N) is 1. The van der Waals surface area contributed by atoms with Crippen molar-refractivity contribution in [3.8, 4) is 28.7 Å². The first-order valence-corrected chi connectivity index (χ1v) is 14.5. The molecular formula is C34H28F6N2O4. The summed E-state index contributed by atoms with van der Waals surface area (Å²) in [7, 11) is 0. The van der Waals surface area contributed by atoms with E-state index in [1.54, 1.807) is 19.1 Å². The third-order valence-corrected chi connectivity index (χ3v) is 8.26. The average molecular weight is 643 g/mol. The first-order valence-electron chi connectivity index (χ1n) is 14.5. The van der Waals surface area contributed by atoms with Crippen molar-refractivity contribution in [2.24, 2.45) is 0 Å². The largest absolute Gasteiger partial charge is 0.508 e. The number of aromatic hydroxyl groups is 2. The minimum atomic E-state index is -5.82. The van der Waals surface area contributed by atoms with Gasteiger partial charge >= 0.3 is 12.4 Å². The molecule has 4 aromatic carbocycles. The van der Waals surface area contributed by atoms with Crippen LogP contribution >= 0.6 is 0 Å². The van der Waals surface area contributed by atoms with Gasteiger partial charge in [-0.3, -0.25) is 0 Å². The topological polar surface area (TPSA) is 87.8 Å². The van der Waals surface area contributed by atoms with Crippen molar-refractivity contribution in [1.82, 2.24) is 4.98 Å². The van der Waals surface area contributed by atoms with E-state index in [9.17, 15) is 10.2 Å². The molecule has 2 heterocycles. The Morgan fingerprint density at radius 3 is 2.22 bits per heavy atom. The predicted octanol–water partition coefficient (Wildman–Crippen LogP) is 9.47. The molecule has 240 valence electrons. The van der Waals surface area contributed by atoms with E-state index in [1.165, 1.54) is 24.3 Å². The van der Waals surface area contributed by atoms with Crippen LogP contribution in [-0.2, 0) is 11.8 Å². The van der Waals surface area contributed by atoms with Gasteiger partial charge in [0.1, 0.15) is 22.8 Å². The summed E-state index contributed by atoms with van der Waals surface area (Å²) < 4.78 is 102. The maximum atomic E-state index is 15.0. The number of alkyl halides is 6. The van der Waals surface area contributed by atoms with E-state index in [2.05, 4.69) is 10.3 Å². The number of unbranched alkanes of at least 4 members (excludes halogenated alkanes) is 1. The number of anilines is 1. The quantitative estimate of drug-likeness (QED) is 0.153. The predicted molar refractivity (Wildman–Crippen MR) is 159 cm³/mol. The van der Waals surface area contributed by atoms with Gasteiger partial charge in [0.05, 0.1) is 5.69 Å². The Labute approximate surface area is 259 Å². The normalized spacial score (nSPS) is 15.1. The molecule has 3 N–H and O–H groups in total. The lowest BCUT2D eigenvalue weighted by Gasteiger charge is -2.38. The van der Waals surface area contributed by atoms with Gasteiger partial charge in [0.15, 0.2) is 11.8 Å². The summed E-state index contributed by atoms with van der Waals surface area (Å²) in [5.41, 5.74) is -4.76. The highest BCUT2D eigenvalue weighted by Gasteiger charge is 2.72. The highest BCUT2D eigenvalue weighted by molar-refractivity contribution is 5.78. The SMILES string of the molecule is CCCCc1cc(-c2nc3cc(C(c4ccc5c(c4)NC(c4ccc(O)c(C)c4)O5)(C(F)(F)F)C(F)(F)F)ccc3o2)ccc1O. The maximum Gasteiger partial charge on any atom is 0.411 e. The summed E-state index contributed by atoms with van der Waals surface area (Å²) in [6.07, 6.45) is -10.3. The number of oxazole rings is 1. The summed E-state index contributed by atoms with van der Waals surface area (Å²) >= 11 is 0. The molecule has 6 rings (SSSR count). The molecule has 6 nitrogen and oxygen atoms in total. The molecule has 12 heteroatoms. The number of hydrogen-bond acceptors (Lipinski definition) is 6. The van der Waals surface area contributed by atoms with Gasteiger partial charge in [-0.15, -0.1) is 0 Å². The van der Waals surface area contributed by atoms with Crippen molar-refractivity contribution >= 4 is 16.8 Å². The number of fused-ring (bicyclic) bond motifs is 2. The molecule has 0 bridgehead atoms. The van der Waals surface area contributed by atoms with E-state index in [0.717, 1.165) is 49.2 Å². The van der Waals surface area contributed by atoms with Gasteiger partial charge in [-0.1, -0.05) is 25.5 Å². The lowest BCUT2D eigenvalue weighted by Crippen LogP contribution is -2.54. The molecule has 1 aromatic heterocycles. The summed E-state index contributed by atoms with van der Waals surface area (Å²) in [6, 6.07) is 14.3. The number of phenolic OH excluding ortho intramolecular Hbond substituents is 2. The number of nitrogens with one attached hydrogen (secondary N) is 1. The van der Waals surface area contributed by atoms with E-state index in [1.807, 2.05) is 6.92 Å². The summed E-state index contributed by atoms with van der Waals surface area (Å²) in [6.45, 7) is 3.63. The van der Waals surface area contributed by atoms with E-state index < -0.39 is 35.1 Å². The third kappa shape index (κ3) is 5.15. The van der Waals surface area contributed by atoms with Crippen LogP contribution in [0.15, 0.2) is 77.2 Å². The second-order valence-corrected chi connectivity index (χ2v) is 11.3. The Kier molecular flexibility index (Phi) is 7.57. The van der Waals surface area contributed by atoms with Gasteiger partial charge in [-0.2, -0.15) is 26.3 Å². The zero-order chi connectivity index (χ0) is 33.0. The number of ether oxygens (including phenoxy) is 1. The molecule has 1 unspecified atom stereocenters. The number of benzene rings is 4. The molecule has 0 saturated heterocycles. The zero-order valence-electron chi connectivity index (χ0n) is 24.6. The van der Waals surface area contributed by atoms with Gasteiger partial charge in [0, 0.05) is 11.1 Å². The van der Waals surface area contributed by atoms with Gasteiger partial charge in [-0.25, -0.2) is 4.98 Å². The van der Waals surface area contributed by atoms with Crippen LogP contribution in [0.2, 0.25) is 0 Å². The summed E-state index contributed by atoms with van der Waals surface area (Å²) in [5, 5.41) is 22.9. The number of aryl methyl sites for hydroxylation is 2. The molecular weight excluding hydrogens is 614 g/mol. The first-order chi connectivity index (χ1) is 21.7. The molecule has 0 saturated carbocycles. The number of hydrogen-bond donors (Lipinski definition) is 3. The standard InChI is InChI=1S/C34H28F6N2O4/c1-3-4-5-19-15-21(7-11-27(19)44)31-42-25-17-23(9-13-29(25)46-31)32(33(35,36)37,34(38,39)40)22-8-12-28-24(16-22)41-30(45-28)20-6-10-26(43)18(2)14-20/h6-17,30,41,43-44H,3-5H2,1-2H3.